The molecule has 1 heterocycles. The first kappa shape index (κ1) is 14.5. The molecule has 0 radical (unpaired) electrons. The second-order valence-corrected chi connectivity index (χ2v) is 4.35. The number of hydrogen-bond donors (Lipinski definition) is 1. The summed E-state index contributed by atoms with van der Waals surface area (Å²) in [5.41, 5.74) is -0.0904. The smallest absolute Gasteiger partial charge is 0.0887 e. The van der Waals surface area contributed by atoms with Crippen molar-refractivity contribution in [3.8, 4) is 11.8 Å². The predicted octanol–water partition coefficient (Wildman–Crippen LogP) is 1.96. The van der Waals surface area contributed by atoms with E-state index in [0.29, 0.717) is 6.04 Å². The average Bonchev–Trinajstić information content (AvgIpc) is 2.36. The molecule has 3 heteroatoms. The van der Waals surface area contributed by atoms with Gasteiger partial charge in [0.25, 0.3) is 0 Å². The van der Waals surface area contributed by atoms with Gasteiger partial charge in [-0.2, -0.15) is 0 Å². The van der Waals surface area contributed by atoms with Gasteiger partial charge in [0.2, 0.25) is 0 Å². The maximum Gasteiger partial charge on any atom is 0.0887 e. The van der Waals surface area contributed by atoms with E-state index in [0.717, 1.165) is 45.6 Å². The van der Waals surface area contributed by atoms with Crippen molar-refractivity contribution in [2.75, 3.05) is 26.4 Å². The molecule has 0 bridgehead atoms. The third-order valence-corrected chi connectivity index (χ3v) is 3.34. The van der Waals surface area contributed by atoms with E-state index in [1.54, 1.807) is 0 Å². The van der Waals surface area contributed by atoms with E-state index in [1.807, 2.05) is 6.92 Å². The molecule has 0 aromatic heterocycles. The fourth-order valence-corrected chi connectivity index (χ4v) is 2.49. The van der Waals surface area contributed by atoms with Crippen molar-refractivity contribution < 1.29 is 9.47 Å². The highest BCUT2D eigenvalue weighted by molar-refractivity contribution is 5.05. The zero-order valence-corrected chi connectivity index (χ0v) is 11.3. The molecule has 3 nitrogen and oxygen atoms in total. The van der Waals surface area contributed by atoms with E-state index >= 15 is 0 Å². The van der Waals surface area contributed by atoms with Crippen molar-refractivity contribution in [3.05, 3.63) is 0 Å². The molecule has 1 fully saturated rings. The second-order valence-electron chi connectivity index (χ2n) is 4.35. The van der Waals surface area contributed by atoms with Crippen LogP contribution >= 0.6 is 0 Å². The van der Waals surface area contributed by atoms with Crippen molar-refractivity contribution in [1.29, 1.82) is 0 Å². The van der Waals surface area contributed by atoms with Gasteiger partial charge in [0.1, 0.15) is 0 Å². The molecule has 1 rings (SSSR count). The largest absolute Gasteiger partial charge is 0.381 e. The minimum absolute atomic E-state index is 0.0904. The number of rotatable bonds is 6. The summed E-state index contributed by atoms with van der Waals surface area (Å²) in [5, 5.41) is 3.53. The van der Waals surface area contributed by atoms with E-state index in [9.17, 15) is 0 Å². The quantitative estimate of drug-likeness (QED) is 0.719. The Morgan fingerprint density at radius 1 is 1.35 bits per heavy atom. The number of likely N-dealkylation sites (N-methyl/N-ethyl adjacent to an activating group) is 1. The number of ether oxygens (including phenoxy) is 2. The van der Waals surface area contributed by atoms with Gasteiger partial charge in [-0.3, -0.25) is 0 Å². The Morgan fingerprint density at radius 3 is 2.59 bits per heavy atom. The normalized spacial score (nSPS) is 20.4. The molecule has 1 aliphatic rings. The maximum atomic E-state index is 6.07. The molecule has 1 N–H and O–H groups in total. The van der Waals surface area contributed by atoms with Crippen molar-refractivity contribution in [3.63, 3.8) is 0 Å². The SMILES string of the molecule is CC#CCC(NCC)C1(OCC)CCOCC1. The predicted molar refractivity (Wildman–Crippen MR) is 69.9 cm³/mol. The fraction of sp³-hybridized carbons (Fsp3) is 0.857. The summed E-state index contributed by atoms with van der Waals surface area (Å²) in [6, 6.07) is 0.309. The van der Waals surface area contributed by atoms with Gasteiger partial charge in [-0.05, 0) is 20.4 Å². The lowest BCUT2D eigenvalue weighted by Gasteiger charge is -2.42. The summed E-state index contributed by atoms with van der Waals surface area (Å²) in [7, 11) is 0. The highest BCUT2D eigenvalue weighted by Gasteiger charge is 2.40. The van der Waals surface area contributed by atoms with Crippen LogP contribution in [0.1, 0.15) is 40.0 Å². The van der Waals surface area contributed by atoms with E-state index < -0.39 is 0 Å². The summed E-state index contributed by atoms with van der Waals surface area (Å²) in [5.74, 6) is 6.16. The van der Waals surface area contributed by atoms with Gasteiger partial charge < -0.3 is 14.8 Å². The number of nitrogens with one attached hydrogen (secondary N) is 1. The lowest BCUT2D eigenvalue weighted by molar-refractivity contribution is -0.125. The zero-order valence-electron chi connectivity index (χ0n) is 11.3. The van der Waals surface area contributed by atoms with Gasteiger partial charge in [-0.1, -0.05) is 6.92 Å². The van der Waals surface area contributed by atoms with Crippen LogP contribution in [-0.4, -0.2) is 38.0 Å². The van der Waals surface area contributed by atoms with E-state index in [-0.39, 0.29) is 5.60 Å². The summed E-state index contributed by atoms with van der Waals surface area (Å²) >= 11 is 0. The Kier molecular flexibility index (Phi) is 6.57. The lowest BCUT2D eigenvalue weighted by atomic mass is 9.84. The highest BCUT2D eigenvalue weighted by atomic mass is 16.5. The first-order chi connectivity index (χ1) is 8.29. The van der Waals surface area contributed by atoms with Crippen molar-refractivity contribution in [2.24, 2.45) is 0 Å². The van der Waals surface area contributed by atoms with Crippen LogP contribution in [0.3, 0.4) is 0 Å². The summed E-state index contributed by atoms with van der Waals surface area (Å²) in [6.07, 6.45) is 2.78. The first-order valence-corrected chi connectivity index (χ1v) is 6.63. The second kappa shape index (κ2) is 7.71. The maximum absolute atomic E-state index is 6.07. The molecule has 1 atom stereocenters. The third kappa shape index (κ3) is 3.99. The minimum atomic E-state index is -0.0904. The fourth-order valence-electron chi connectivity index (χ4n) is 2.49. The standard InChI is InChI=1S/C14H25NO2/c1-4-7-8-13(15-5-2)14(17-6-3)9-11-16-12-10-14/h13,15H,5-6,8-12H2,1-3H3. The summed E-state index contributed by atoms with van der Waals surface area (Å²) in [4.78, 5) is 0. The molecule has 0 amide bonds. The molecule has 0 saturated carbocycles. The molecule has 0 aromatic carbocycles. The zero-order chi connectivity index (χ0) is 12.6. The Morgan fingerprint density at radius 2 is 2.06 bits per heavy atom. The van der Waals surface area contributed by atoms with Crippen LogP contribution in [0, 0.1) is 11.8 Å². The van der Waals surface area contributed by atoms with Crippen LogP contribution in [0.4, 0.5) is 0 Å². The Balaban J connectivity index is 2.76. The Hall–Kier alpha value is -0.560. The molecule has 0 spiro atoms. The minimum Gasteiger partial charge on any atom is -0.381 e. The van der Waals surface area contributed by atoms with E-state index in [2.05, 4.69) is 31.0 Å². The molecule has 0 aliphatic carbocycles. The van der Waals surface area contributed by atoms with Gasteiger partial charge in [0.05, 0.1) is 5.60 Å². The van der Waals surface area contributed by atoms with Crippen LogP contribution in [-0.2, 0) is 9.47 Å². The molecular formula is C14H25NO2. The molecule has 98 valence electrons. The van der Waals surface area contributed by atoms with Crippen LogP contribution in [0.2, 0.25) is 0 Å². The van der Waals surface area contributed by atoms with Gasteiger partial charge in [-0.25, -0.2) is 0 Å². The average molecular weight is 239 g/mol. The molecule has 17 heavy (non-hydrogen) atoms. The Bertz CT molecular complexity index is 256. The van der Waals surface area contributed by atoms with Crippen LogP contribution in [0.5, 0.6) is 0 Å². The van der Waals surface area contributed by atoms with Crippen LogP contribution < -0.4 is 5.32 Å². The molecule has 1 saturated heterocycles. The van der Waals surface area contributed by atoms with Crippen LogP contribution in [0.25, 0.3) is 0 Å². The summed E-state index contributed by atoms with van der Waals surface area (Å²) in [6.45, 7) is 9.37. The molecule has 1 unspecified atom stereocenters. The number of hydrogen-bond acceptors (Lipinski definition) is 3. The van der Waals surface area contributed by atoms with Gasteiger partial charge in [-0.15, -0.1) is 11.8 Å². The van der Waals surface area contributed by atoms with Crippen molar-refractivity contribution in [2.45, 2.75) is 51.7 Å². The molecular weight excluding hydrogens is 214 g/mol. The van der Waals surface area contributed by atoms with Gasteiger partial charge in [0.15, 0.2) is 0 Å². The summed E-state index contributed by atoms with van der Waals surface area (Å²) < 4.78 is 11.5. The molecule has 1 aliphatic heterocycles. The van der Waals surface area contributed by atoms with E-state index in [4.69, 9.17) is 9.47 Å². The topological polar surface area (TPSA) is 30.5 Å². The van der Waals surface area contributed by atoms with Gasteiger partial charge >= 0.3 is 0 Å². The van der Waals surface area contributed by atoms with Crippen LogP contribution in [0.15, 0.2) is 0 Å². The first-order valence-electron chi connectivity index (χ1n) is 6.63. The lowest BCUT2D eigenvalue weighted by Crippen LogP contribution is -2.55. The van der Waals surface area contributed by atoms with Gasteiger partial charge in [0, 0.05) is 45.1 Å². The highest BCUT2D eigenvalue weighted by Crippen LogP contribution is 2.30. The monoisotopic (exact) mass is 239 g/mol. The third-order valence-electron chi connectivity index (χ3n) is 3.34. The van der Waals surface area contributed by atoms with E-state index in [1.165, 1.54) is 0 Å². The Labute approximate surface area is 105 Å². The molecule has 0 aromatic rings. The van der Waals surface area contributed by atoms with Crippen molar-refractivity contribution >= 4 is 0 Å². The van der Waals surface area contributed by atoms with Crippen molar-refractivity contribution in [1.82, 2.24) is 5.32 Å².